The van der Waals surface area contributed by atoms with E-state index in [1.165, 1.54) is 29.5 Å². The van der Waals surface area contributed by atoms with Crippen molar-refractivity contribution in [2.75, 3.05) is 12.5 Å². The second-order valence-electron chi connectivity index (χ2n) is 6.15. The summed E-state index contributed by atoms with van der Waals surface area (Å²) < 4.78 is 7.67. The maximum absolute atomic E-state index is 12.3. The van der Waals surface area contributed by atoms with Gasteiger partial charge in [0, 0.05) is 12.6 Å². The standard InChI is InChI=1S/C17H20N6O5/c1-9(24)8-23-12-14(22(2)17(27)20-15(12)26)19-16(23)21-18-7-10-5-4-6-11(28-3)13(10)25/h4-7,9,24-25H,8H2,1-3H3,(H,19,21)(H,20,26,27)/b18-7-/t9-/m1/s1. The highest BCUT2D eigenvalue weighted by Crippen LogP contribution is 2.28. The molecule has 0 unspecified atom stereocenters. The van der Waals surface area contributed by atoms with Gasteiger partial charge in [0.05, 0.1) is 26.0 Å². The minimum Gasteiger partial charge on any atom is -0.504 e. The van der Waals surface area contributed by atoms with Gasteiger partial charge in [-0.3, -0.25) is 14.3 Å². The lowest BCUT2D eigenvalue weighted by Gasteiger charge is -2.10. The Morgan fingerprint density at radius 1 is 1.43 bits per heavy atom. The fourth-order valence-corrected chi connectivity index (χ4v) is 2.73. The number of H-pyrrole nitrogens is 1. The summed E-state index contributed by atoms with van der Waals surface area (Å²) in [5, 5.41) is 23.9. The summed E-state index contributed by atoms with van der Waals surface area (Å²) in [5.74, 6) is 0.375. The first-order valence-electron chi connectivity index (χ1n) is 8.36. The first-order chi connectivity index (χ1) is 13.3. The normalized spacial score (nSPS) is 12.6. The van der Waals surface area contributed by atoms with Gasteiger partial charge >= 0.3 is 5.69 Å². The van der Waals surface area contributed by atoms with Crippen LogP contribution in [-0.4, -0.2) is 48.7 Å². The molecular weight excluding hydrogens is 368 g/mol. The van der Waals surface area contributed by atoms with Crippen LogP contribution >= 0.6 is 0 Å². The maximum atomic E-state index is 12.3. The van der Waals surface area contributed by atoms with Crippen LogP contribution in [0.4, 0.5) is 5.95 Å². The van der Waals surface area contributed by atoms with Crippen LogP contribution in [0.5, 0.6) is 11.5 Å². The quantitative estimate of drug-likeness (QED) is 0.342. The number of anilines is 1. The van der Waals surface area contributed by atoms with Gasteiger partial charge in [-0.1, -0.05) is 6.07 Å². The number of rotatable bonds is 6. The van der Waals surface area contributed by atoms with Crippen molar-refractivity contribution >= 4 is 23.3 Å². The van der Waals surface area contributed by atoms with Gasteiger partial charge in [-0.25, -0.2) is 10.2 Å². The molecule has 0 saturated carbocycles. The van der Waals surface area contributed by atoms with E-state index in [-0.39, 0.29) is 29.4 Å². The Balaban J connectivity index is 2.03. The number of benzene rings is 1. The number of phenolic OH excluding ortho intramolecular Hbond substituents is 1. The van der Waals surface area contributed by atoms with Crippen LogP contribution in [0.3, 0.4) is 0 Å². The third kappa shape index (κ3) is 3.47. The number of aliphatic hydroxyl groups is 1. The van der Waals surface area contributed by atoms with Gasteiger partial charge in [0.15, 0.2) is 22.7 Å². The number of hydrogen-bond donors (Lipinski definition) is 4. The number of imidazole rings is 1. The summed E-state index contributed by atoms with van der Waals surface area (Å²) in [6.45, 7) is 1.61. The van der Waals surface area contributed by atoms with Crippen molar-refractivity contribution in [3.05, 3.63) is 44.6 Å². The second kappa shape index (κ2) is 7.56. The van der Waals surface area contributed by atoms with Crippen molar-refractivity contribution in [2.45, 2.75) is 19.6 Å². The topological polar surface area (TPSA) is 147 Å². The predicted molar refractivity (Wildman–Crippen MR) is 103 cm³/mol. The van der Waals surface area contributed by atoms with Crippen LogP contribution in [0.15, 0.2) is 32.9 Å². The van der Waals surface area contributed by atoms with Crippen molar-refractivity contribution in [3.63, 3.8) is 0 Å². The molecule has 2 heterocycles. The Bertz CT molecular complexity index is 1160. The van der Waals surface area contributed by atoms with E-state index in [4.69, 9.17) is 4.74 Å². The van der Waals surface area contributed by atoms with Crippen LogP contribution < -0.4 is 21.4 Å². The average Bonchev–Trinajstić information content (AvgIpc) is 2.99. The van der Waals surface area contributed by atoms with E-state index >= 15 is 0 Å². The molecule has 0 aliphatic heterocycles. The molecule has 0 spiro atoms. The van der Waals surface area contributed by atoms with Gasteiger partial charge in [0.1, 0.15) is 0 Å². The molecule has 148 valence electrons. The highest BCUT2D eigenvalue weighted by atomic mass is 16.5. The molecule has 0 radical (unpaired) electrons. The van der Waals surface area contributed by atoms with Gasteiger partial charge in [-0.15, -0.1) is 0 Å². The zero-order valence-electron chi connectivity index (χ0n) is 15.5. The lowest BCUT2D eigenvalue weighted by atomic mass is 10.2. The monoisotopic (exact) mass is 388 g/mol. The summed E-state index contributed by atoms with van der Waals surface area (Å²) in [6, 6.07) is 4.93. The number of methoxy groups -OCH3 is 1. The number of hydrazone groups is 1. The maximum Gasteiger partial charge on any atom is 0.329 e. The summed E-state index contributed by atoms with van der Waals surface area (Å²) in [7, 11) is 2.91. The number of aromatic hydroxyl groups is 1. The highest BCUT2D eigenvalue weighted by molar-refractivity contribution is 5.85. The van der Waals surface area contributed by atoms with Crippen molar-refractivity contribution < 1.29 is 14.9 Å². The number of nitrogens with one attached hydrogen (secondary N) is 2. The van der Waals surface area contributed by atoms with Crippen molar-refractivity contribution in [3.8, 4) is 11.5 Å². The third-order valence-corrected chi connectivity index (χ3v) is 4.07. The molecule has 0 aliphatic rings. The van der Waals surface area contributed by atoms with Gasteiger partial charge < -0.3 is 19.5 Å². The van der Waals surface area contributed by atoms with E-state index in [1.54, 1.807) is 25.1 Å². The molecule has 0 fully saturated rings. The summed E-state index contributed by atoms with van der Waals surface area (Å²) in [6.07, 6.45) is 0.577. The lowest BCUT2D eigenvalue weighted by molar-refractivity contribution is 0.175. The Labute approximate surface area is 158 Å². The number of aromatic amines is 1. The van der Waals surface area contributed by atoms with Crippen molar-refractivity contribution in [1.82, 2.24) is 19.1 Å². The lowest BCUT2D eigenvalue weighted by Crippen LogP contribution is -2.29. The smallest absolute Gasteiger partial charge is 0.329 e. The first-order valence-corrected chi connectivity index (χ1v) is 8.36. The molecular formula is C17H20N6O5. The molecule has 4 N–H and O–H groups in total. The Kier molecular flexibility index (Phi) is 5.18. The number of para-hydroxylation sites is 1. The van der Waals surface area contributed by atoms with Crippen molar-refractivity contribution in [1.29, 1.82) is 0 Å². The van der Waals surface area contributed by atoms with E-state index in [9.17, 15) is 19.8 Å². The number of hydrogen-bond acceptors (Lipinski definition) is 8. The molecule has 3 aromatic rings. The van der Waals surface area contributed by atoms with E-state index in [2.05, 4.69) is 20.5 Å². The van der Waals surface area contributed by atoms with Gasteiger partial charge in [-0.05, 0) is 19.1 Å². The molecule has 0 amide bonds. The van der Waals surface area contributed by atoms with E-state index < -0.39 is 17.4 Å². The third-order valence-electron chi connectivity index (χ3n) is 4.07. The molecule has 11 nitrogen and oxygen atoms in total. The number of fused-ring (bicyclic) bond motifs is 1. The number of phenols is 1. The zero-order valence-corrected chi connectivity index (χ0v) is 15.5. The van der Waals surface area contributed by atoms with Crippen LogP contribution in [0.2, 0.25) is 0 Å². The van der Waals surface area contributed by atoms with Gasteiger partial charge in [0.25, 0.3) is 5.56 Å². The fourth-order valence-electron chi connectivity index (χ4n) is 2.73. The van der Waals surface area contributed by atoms with Gasteiger partial charge in [0.2, 0.25) is 5.95 Å². The molecule has 28 heavy (non-hydrogen) atoms. The van der Waals surface area contributed by atoms with Crippen LogP contribution in [0.25, 0.3) is 11.2 Å². The Morgan fingerprint density at radius 3 is 2.86 bits per heavy atom. The Hall–Kier alpha value is -3.60. The fraction of sp³-hybridized carbons (Fsp3) is 0.294. The number of ether oxygens (including phenoxy) is 1. The van der Waals surface area contributed by atoms with Gasteiger partial charge in [-0.2, -0.15) is 10.1 Å². The molecule has 1 atom stereocenters. The number of aliphatic hydroxyl groups excluding tert-OH is 1. The SMILES string of the molecule is COc1cccc(/C=N\Nc2nc3c(c(=O)[nH]c(=O)n3C)n2C[C@@H](C)O)c1O. The molecule has 0 bridgehead atoms. The Morgan fingerprint density at radius 2 is 2.18 bits per heavy atom. The van der Waals surface area contributed by atoms with E-state index in [0.29, 0.717) is 11.3 Å². The number of aryl methyl sites for hydroxylation is 1. The summed E-state index contributed by atoms with van der Waals surface area (Å²) in [5.41, 5.74) is 2.14. The van der Waals surface area contributed by atoms with Crippen LogP contribution in [-0.2, 0) is 13.6 Å². The molecule has 3 rings (SSSR count). The summed E-state index contributed by atoms with van der Waals surface area (Å²) in [4.78, 5) is 30.5. The predicted octanol–water partition coefficient (Wildman–Crippen LogP) is -0.0357. The average molecular weight is 388 g/mol. The second-order valence-corrected chi connectivity index (χ2v) is 6.15. The highest BCUT2D eigenvalue weighted by Gasteiger charge is 2.18. The molecule has 2 aromatic heterocycles. The molecule has 0 saturated heterocycles. The first kappa shape index (κ1) is 19.2. The molecule has 0 aliphatic carbocycles. The van der Waals surface area contributed by atoms with E-state index in [1.807, 2.05) is 0 Å². The molecule has 11 heteroatoms. The number of aromatic nitrogens is 4. The van der Waals surface area contributed by atoms with Crippen molar-refractivity contribution in [2.24, 2.45) is 12.1 Å². The van der Waals surface area contributed by atoms with Crippen LogP contribution in [0.1, 0.15) is 12.5 Å². The summed E-state index contributed by atoms with van der Waals surface area (Å²) >= 11 is 0. The zero-order chi connectivity index (χ0) is 20.4. The minimum atomic E-state index is -0.777. The largest absolute Gasteiger partial charge is 0.504 e. The van der Waals surface area contributed by atoms with E-state index in [0.717, 1.165) is 0 Å². The van der Waals surface area contributed by atoms with Crippen LogP contribution in [0, 0.1) is 0 Å². The molecule has 1 aromatic carbocycles. The minimum absolute atomic E-state index is 0.0556. The number of nitrogens with zero attached hydrogens (tertiary/aromatic N) is 4.